The lowest BCUT2D eigenvalue weighted by atomic mass is 10.2. The van der Waals surface area contributed by atoms with Crippen LogP contribution in [0, 0.1) is 11.3 Å². The molecule has 0 unspecified atom stereocenters. The van der Waals surface area contributed by atoms with Crippen LogP contribution in [0.5, 0.6) is 0 Å². The number of carbonyl (C=O) groups excluding carboxylic acids is 1. The minimum absolute atomic E-state index is 0.0944. The number of H-pyrrole nitrogens is 1. The van der Waals surface area contributed by atoms with E-state index >= 15 is 0 Å². The molecule has 130 valence electrons. The molecule has 4 N–H and O–H groups in total. The van der Waals surface area contributed by atoms with Gasteiger partial charge in [0, 0.05) is 56.5 Å². The number of fused-ring (bicyclic) bond motifs is 1. The number of anilines is 1. The Bertz CT molecular complexity index is 812. The number of amides is 1. The van der Waals surface area contributed by atoms with Gasteiger partial charge in [-0.1, -0.05) is 0 Å². The molecule has 0 spiro atoms. The van der Waals surface area contributed by atoms with E-state index in [1.807, 2.05) is 24.3 Å². The van der Waals surface area contributed by atoms with Gasteiger partial charge in [0.15, 0.2) is 0 Å². The Morgan fingerprint density at radius 2 is 2.20 bits per heavy atom. The molecule has 8 nitrogen and oxygen atoms in total. The number of hydrogen-bond acceptors (Lipinski definition) is 6. The third-order valence-electron chi connectivity index (χ3n) is 4.28. The average molecular weight is 339 g/mol. The quantitative estimate of drug-likeness (QED) is 0.539. The molecule has 3 rings (SSSR count). The minimum atomic E-state index is -0.245. The Balaban J connectivity index is 1.64. The molecule has 1 aromatic carbocycles. The molecule has 1 saturated heterocycles. The Hall–Kier alpha value is -2.89. The topological polar surface area (TPSA) is 114 Å². The molecule has 1 aliphatic heterocycles. The summed E-state index contributed by atoms with van der Waals surface area (Å²) in [6, 6.07) is 7.66. The van der Waals surface area contributed by atoms with Crippen molar-refractivity contribution >= 4 is 22.5 Å². The van der Waals surface area contributed by atoms with Crippen molar-refractivity contribution in [1.82, 2.24) is 20.0 Å². The lowest BCUT2D eigenvalue weighted by Crippen LogP contribution is -2.50. The predicted molar refractivity (Wildman–Crippen MR) is 95.5 cm³/mol. The molecule has 0 radical (unpaired) electrons. The zero-order valence-corrected chi connectivity index (χ0v) is 13.9. The molecule has 1 aromatic heterocycles. The smallest absolute Gasteiger partial charge is 0.266 e. The summed E-state index contributed by atoms with van der Waals surface area (Å²) in [7, 11) is 0. The van der Waals surface area contributed by atoms with E-state index in [-0.39, 0.29) is 11.5 Å². The van der Waals surface area contributed by atoms with Gasteiger partial charge in [-0.15, -0.1) is 0 Å². The summed E-state index contributed by atoms with van der Waals surface area (Å²) in [5.74, 6) is -0.245. The first-order chi connectivity index (χ1) is 12.2. The maximum Gasteiger partial charge on any atom is 0.266 e. The van der Waals surface area contributed by atoms with Crippen LogP contribution in [-0.4, -0.2) is 65.2 Å². The molecule has 2 heterocycles. The van der Waals surface area contributed by atoms with Crippen molar-refractivity contribution in [3.05, 3.63) is 36.2 Å². The summed E-state index contributed by atoms with van der Waals surface area (Å²) in [6.07, 6.45) is 3.20. The van der Waals surface area contributed by atoms with Gasteiger partial charge in [-0.05, 0) is 18.2 Å². The van der Waals surface area contributed by atoms with E-state index in [9.17, 15) is 10.1 Å². The van der Waals surface area contributed by atoms with E-state index in [0.717, 1.165) is 36.2 Å². The number of aromatic nitrogens is 2. The second-order valence-corrected chi connectivity index (χ2v) is 5.91. The lowest BCUT2D eigenvalue weighted by Gasteiger charge is -2.34. The van der Waals surface area contributed by atoms with Gasteiger partial charge in [0.1, 0.15) is 11.6 Å². The fraction of sp³-hybridized carbons (Fsp3) is 0.353. The SMILES string of the molecule is N#C/C(=C/Nc1ccc2cn[nH]c2c1)C(=O)N1CCN(CCN)CC1. The lowest BCUT2D eigenvalue weighted by molar-refractivity contribution is -0.128. The Morgan fingerprint density at radius 1 is 1.40 bits per heavy atom. The Kier molecular flexibility index (Phi) is 5.28. The normalized spacial score (nSPS) is 16.0. The van der Waals surface area contributed by atoms with Crippen molar-refractivity contribution in [3.63, 3.8) is 0 Å². The Morgan fingerprint density at radius 3 is 2.92 bits per heavy atom. The van der Waals surface area contributed by atoms with Crippen LogP contribution in [0.3, 0.4) is 0 Å². The molecule has 1 amide bonds. The van der Waals surface area contributed by atoms with Crippen LogP contribution in [0.15, 0.2) is 36.2 Å². The molecule has 1 aliphatic rings. The maximum atomic E-state index is 12.5. The first-order valence-corrected chi connectivity index (χ1v) is 8.23. The van der Waals surface area contributed by atoms with Gasteiger partial charge in [0.25, 0.3) is 5.91 Å². The van der Waals surface area contributed by atoms with Crippen LogP contribution in [0.4, 0.5) is 5.69 Å². The van der Waals surface area contributed by atoms with Gasteiger partial charge < -0.3 is 16.0 Å². The van der Waals surface area contributed by atoms with Gasteiger partial charge in [-0.25, -0.2) is 0 Å². The van der Waals surface area contributed by atoms with E-state index in [4.69, 9.17) is 5.73 Å². The van der Waals surface area contributed by atoms with Gasteiger partial charge in [-0.2, -0.15) is 10.4 Å². The fourth-order valence-electron chi connectivity index (χ4n) is 2.85. The molecular formula is C17H21N7O. The number of nitrogens with two attached hydrogens (primary N) is 1. The van der Waals surface area contributed by atoms with Crippen molar-refractivity contribution < 1.29 is 4.79 Å². The summed E-state index contributed by atoms with van der Waals surface area (Å²) in [5.41, 5.74) is 7.32. The van der Waals surface area contributed by atoms with Crippen molar-refractivity contribution in [2.75, 3.05) is 44.6 Å². The molecule has 1 fully saturated rings. The summed E-state index contributed by atoms with van der Waals surface area (Å²) in [6.45, 7) is 4.23. The zero-order valence-electron chi connectivity index (χ0n) is 13.9. The van der Waals surface area contributed by atoms with E-state index in [0.29, 0.717) is 19.6 Å². The Labute approximate surface area is 145 Å². The number of benzene rings is 1. The molecular weight excluding hydrogens is 318 g/mol. The maximum absolute atomic E-state index is 12.5. The van der Waals surface area contributed by atoms with Crippen molar-refractivity contribution in [2.45, 2.75) is 0 Å². The second-order valence-electron chi connectivity index (χ2n) is 5.91. The molecule has 8 heteroatoms. The molecule has 0 bridgehead atoms. The van der Waals surface area contributed by atoms with Crippen molar-refractivity contribution in [3.8, 4) is 6.07 Å². The van der Waals surface area contributed by atoms with Crippen LogP contribution in [0.1, 0.15) is 0 Å². The number of aromatic amines is 1. The van der Waals surface area contributed by atoms with Crippen molar-refractivity contribution in [1.29, 1.82) is 5.26 Å². The van der Waals surface area contributed by atoms with Gasteiger partial charge in [-0.3, -0.25) is 14.8 Å². The molecule has 25 heavy (non-hydrogen) atoms. The van der Waals surface area contributed by atoms with Crippen LogP contribution in [-0.2, 0) is 4.79 Å². The standard InChI is InChI=1S/C17H21N7O/c18-3-4-23-5-7-24(8-6-23)17(25)14(10-19)11-20-15-2-1-13-12-21-22-16(13)9-15/h1-2,9,11-12,20H,3-8,18H2,(H,21,22)/b14-11-. The van der Waals surface area contributed by atoms with E-state index < -0.39 is 0 Å². The summed E-state index contributed by atoms with van der Waals surface area (Å²) < 4.78 is 0. The second kappa shape index (κ2) is 7.79. The first-order valence-electron chi connectivity index (χ1n) is 8.23. The molecule has 0 atom stereocenters. The number of nitrogens with zero attached hydrogens (tertiary/aromatic N) is 4. The minimum Gasteiger partial charge on any atom is -0.360 e. The van der Waals surface area contributed by atoms with Crippen LogP contribution in [0.25, 0.3) is 10.9 Å². The number of rotatable bonds is 5. The van der Waals surface area contributed by atoms with E-state index in [1.165, 1.54) is 6.20 Å². The highest BCUT2D eigenvalue weighted by Crippen LogP contribution is 2.17. The van der Waals surface area contributed by atoms with Gasteiger partial charge >= 0.3 is 0 Å². The number of nitriles is 1. The average Bonchev–Trinajstić information content (AvgIpc) is 3.11. The number of carbonyl (C=O) groups is 1. The van der Waals surface area contributed by atoms with E-state index in [1.54, 1.807) is 11.1 Å². The van der Waals surface area contributed by atoms with Gasteiger partial charge in [0.2, 0.25) is 0 Å². The largest absolute Gasteiger partial charge is 0.360 e. The fourth-order valence-corrected chi connectivity index (χ4v) is 2.85. The molecule has 0 aliphatic carbocycles. The highest BCUT2D eigenvalue weighted by atomic mass is 16.2. The first kappa shape index (κ1) is 17.0. The number of piperazine rings is 1. The zero-order chi connectivity index (χ0) is 17.6. The van der Waals surface area contributed by atoms with E-state index in [2.05, 4.69) is 20.4 Å². The molecule has 0 saturated carbocycles. The number of hydrogen-bond donors (Lipinski definition) is 3. The summed E-state index contributed by atoms with van der Waals surface area (Å²) >= 11 is 0. The third-order valence-corrected chi connectivity index (χ3v) is 4.28. The predicted octanol–water partition coefficient (Wildman–Crippen LogP) is 0.485. The van der Waals surface area contributed by atoms with Crippen LogP contribution < -0.4 is 11.1 Å². The molecule has 2 aromatic rings. The monoisotopic (exact) mass is 339 g/mol. The summed E-state index contributed by atoms with van der Waals surface area (Å²) in [5, 5.41) is 20.2. The van der Waals surface area contributed by atoms with Crippen LogP contribution in [0.2, 0.25) is 0 Å². The highest BCUT2D eigenvalue weighted by Gasteiger charge is 2.23. The highest BCUT2D eigenvalue weighted by molar-refractivity contribution is 5.97. The van der Waals surface area contributed by atoms with Crippen molar-refractivity contribution in [2.24, 2.45) is 5.73 Å². The number of nitrogens with one attached hydrogen (secondary N) is 2. The third kappa shape index (κ3) is 3.96. The van der Waals surface area contributed by atoms with Gasteiger partial charge in [0.05, 0.1) is 11.7 Å². The van der Waals surface area contributed by atoms with Crippen LogP contribution >= 0.6 is 0 Å². The summed E-state index contributed by atoms with van der Waals surface area (Å²) in [4.78, 5) is 16.5.